The van der Waals surface area contributed by atoms with E-state index in [9.17, 15) is 13.2 Å². The number of para-hydroxylation sites is 1. The zero-order valence-corrected chi connectivity index (χ0v) is 12.1. The fourth-order valence-electron chi connectivity index (χ4n) is 2.81. The fourth-order valence-corrected chi connectivity index (χ4v) is 3.70. The van der Waals surface area contributed by atoms with Gasteiger partial charge in [-0.05, 0) is 12.1 Å². The van der Waals surface area contributed by atoms with Gasteiger partial charge in [-0.15, -0.1) is 0 Å². The van der Waals surface area contributed by atoms with Crippen LogP contribution in [0.1, 0.15) is 0 Å². The Morgan fingerprint density at radius 3 is 2.75 bits per heavy atom. The van der Waals surface area contributed by atoms with Crippen molar-refractivity contribution in [3.05, 3.63) is 24.3 Å². The van der Waals surface area contributed by atoms with Gasteiger partial charge in [0.25, 0.3) is 0 Å². The number of rotatable bonds is 2. The smallest absolute Gasteiger partial charge is 0.317 e. The molecule has 108 valence electrons. The molecule has 1 aromatic rings. The van der Waals surface area contributed by atoms with Gasteiger partial charge in [-0.25, -0.2) is 13.2 Å². The standard InChI is InChI=1S/C13H17N3O3S/c1-20(18,19)12-5-3-2-4-11(12)16-9-10-8-14-6-7-15(10)13(16)17/h2-5,10,14H,6-9H2,1H3. The highest BCUT2D eigenvalue weighted by Gasteiger charge is 2.40. The molecule has 3 rings (SSSR count). The van der Waals surface area contributed by atoms with E-state index in [1.54, 1.807) is 29.2 Å². The molecule has 2 saturated heterocycles. The van der Waals surface area contributed by atoms with Gasteiger partial charge in [-0.3, -0.25) is 4.90 Å². The third-order valence-electron chi connectivity index (χ3n) is 3.78. The van der Waals surface area contributed by atoms with Crippen LogP contribution < -0.4 is 10.2 Å². The lowest BCUT2D eigenvalue weighted by atomic mass is 10.2. The average molecular weight is 295 g/mol. The number of amides is 2. The average Bonchev–Trinajstić information content (AvgIpc) is 2.76. The van der Waals surface area contributed by atoms with Crippen LogP contribution in [0.25, 0.3) is 0 Å². The maximum absolute atomic E-state index is 12.4. The summed E-state index contributed by atoms with van der Waals surface area (Å²) >= 11 is 0. The van der Waals surface area contributed by atoms with Crippen molar-refractivity contribution in [1.82, 2.24) is 10.2 Å². The molecule has 2 aliphatic heterocycles. The zero-order chi connectivity index (χ0) is 14.3. The fraction of sp³-hybridized carbons (Fsp3) is 0.462. The molecule has 7 heteroatoms. The van der Waals surface area contributed by atoms with Crippen molar-refractivity contribution in [2.75, 3.05) is 37.3 Å². The monoisotopic (exact) mass is 295 g/mol. The van der Waals surface area contributed by atoms with Crippen molar-refractivity contribution in [2.24, 2.45) is 0 Å². The van der Waals surface area contributed by atoms with Gasteiger partial charge in [-0.1, -0.05) is 12.1 Å². The second-order valence-corrected chi connectivity index (χ2v) is 7.17. The highest BCUT2D eigenvalue weighted by molar-refractivity contribution is 7.90. The summed E-state index contributed by atoms with van der Waals surface area (Å²) in [4.78, 5) is 16.1. The number of sulfone groups is 1. The molecule has 2 amide bonds. The quantitative estimate of drug-likeness (QED) is 0.852. The molecular weight excluding hydrogens is 278 g/mol. The first-order valence-electron chi connectivity index (χ1n) is 6.56. The van der Waals surface area contributed by atoms with Gasteiger partial charge in [-0.2, -0.15) is 0 Å². The van der Waals surface area contributed by atoms with Gasteiger partial charge in [0, 0.05) is 32.4 Å². The second kappa shape index (κ2) is 4.75. The largest absolute Gasteiger partial charge is 0.324 e. The number of hydrogen-bond donors (Lipinski definition) is 1. The number of anilines is 1. The predicted octanol–water partition coefficient (Wildman–Crippen LogP) is 0.304. The number of nitrogens with one attached hydrogen (secondary N) is 1. The lowest BCUT2D eigenvalue weighted by Gasteiger charge is -2.28. The summed E-state index contributed by atoms with van der Waals surface area (Å²) in [7, 11) is -3.36. The summed E-state index contributed by atoms with van der Waals surface area (Å²) < 4.78 is 23.7. The molecule has 1 aromatic carbocycles. The molecule has 0 bridgehead atoms. The SMILES string of the molecule is CS(=O)(=O)c1ccccc1N1CC2CNCCN2C1=O. The summed E-state index contributed by atoms with van der Waals surface area (Å²) in [6, 6.07) is 6.69. The number of benzene rings is 1. The maximum Gasteiger partial charge on any atom is 0.324 e. The molecule has 0 aromatic heterocycles. The minimum absolute atomic E-state index is 0.104. The van der Waals surface area contributed by atoms with Crippen molar-refractivity contribution in [3.8, 4) is 0 Å². The van der Waals surface area contributed by atoms with Crippen molar-refractivity contribution in [3.63, 3.8) is 0 Å². The van der Waals surface area contributed by atoms with E-state index < -0.39 is 9.84 Å². The summed E-state index contributed by atoms with van der Waals surface area (Å²) in [5.41, 5.74) is 0.481. The molecule has 2 heterocycles. The highest BCUT2D eigenvalue weighted by Crippen LogP contribution is 2.30. The number of nitrogens with zero attached hydrogens (tertiary/aromatic N) is 2. The van der Waals surface area contributed by atoms with Crippen LogP contribution in [-0.4, -0.2) is 57.8 Å². The lowest BCUT2D eigenvalue weighted by Crippen LogP contribution is -2.49. The second-order valence-electron chi connectivity index (χ2n) is 5.18. The molecule has 0 aliphatic carbocycles. The van der Waals surface area contributed by atoms with Crippen molar-refractivity contribution in [1.29, 1.82) is 0 Å². The van der Waals surface area contributed by atoms with Crippen LogP contribution in [-0.2, 0) is 9.84 Å². The van der Waals surface area contributed by atoms with E-state index >= 15 is 0 Å². The summed E-state index contributed by atoms with van der Waals surface area (Å²) in [5, 5.41) is 3.25. The van der Waals surface area contributed by atoms with Gasteiger partial charge in [0.2, 0.25) is 0 Å². The molecule has 1 unspecified atom stereocenters. The van der Waals surface area contributed by atoms with Gasteiger partial charge in [0.05, 0.1) is 16.6 Å². The van der Waals surface area contributed by atoms with Crippen molar-refractivity contribution >= 4 is 21.6 Å². The van der Waals surface area contributed by atoms with Crippen molar-refractivity contribution < 1.29 is 13.2 Å². The van der Waals surface area contributed by atoms with Gasteiger partial charge >= 0.3 is 6.03 Å². The Morgan fingerprint density at radius 2 is 2.05 bits per heavy atom. The van der Waals surface area contributed by atoms with E-state index in [4.69, 9.17) is 0 Å². The number of piperazine rings is 1. The molecule has 0 spiro atoms. The first-order valence-corrected chi connectivity index (χ1v) is 8.45. The summed E-state index contributed by atoms with van der Waals surface area (Å²) in [5.74, 6) is 0. The highest BCUT2D eigenvalue weighted by atomic mass is 32.2. The van der Waals surface area contributed by atoms with E-state index in [1.807, 2.05) is 4.90 Å². The molecule has 6 nitrogen and oxygen atoms in total. The zero-order valence-electron chi connectivity index (χ0n) is 11.2. The Hall–Kier alpha value is -1.60. The Kier molecular flexibility index (Phi) is 3.18. The normalized spacial score (nSPS) is 23.1. The van der Waals surface area contributed by atoms with Crippen LogP contribution >= 0.6 is 0 Å². The lowest BCUT2D eigenvalue weighted by molar-refractivity contribution is 0.193. The van der Waals surface area contributed by atoms with E-state index in [-0.39, 0.29) is 17.0 Å². The number of carbonyl (C=O) groups excluding carboxylic acids is 1. The van der Waals surface area contributed by atoms with Crippen LogP contribution in [0.3, 0.4) is 0 Å². The maximum atomic E-state index is 12.4. The van der Waals surface area contributed by atoms with Crippen LogP contribution in [0, 0.1) is 0 Å². The molecule has 1 N–H and O–H groups in total. The topological polar surface area (TPSA) is 69.7 Å². The number of fused-ring (bicyclic) bond motifs is 1. The van der Waals surface area contributed by atoms with E-state index in [0.29, 0.717) is 18.8 Å². The van der Waals surface area contributed by atoms with Crippen LogP contribution in [0.15, 0.2) is 29.2 Å². The van der Waals surface area contributed by atoms with Crippen LogP contribution in [0.2, 0.25) is 0 Å². The predicted molar refractivity (Wildman–Crippen MR) is 75.7 cm³/mol. The van der Waals surface area contributed by atoms with Crippen LogP contribution in [0.5, 0.6) is 0 Å². The minimum atomic E-state index is -3.36. The molecular formula is C13H17N3O3S. The molecule has 2 fully saturated rings. The molecule has 1 atom stereocenters. The van der Waals surface area contributed by atoms with Crippen LogP contribution in [0.4, 0.5) is 10.5 Å². The Labute approximate surface area is 118 Å². The minimum Gasteiger partial charge on any atom is -0.317 e. The third-order valence-corrected chi connectivity index (χ3v) is 4.92. The molecule has 0 radical (unpaired) electrons. The summed E-state index contributed by atoms with van der Waals surface area (Å²) in [6.07, 6.45) is 1.17. The van der Waals surface area contributed by atoms with Crippen molar-refractivity contribution in [2.45, 2.75) is 10.9 Å². The van der Waals surface area contributed by atoms with Gasteiger partial charge in [0.1, 0.15) is 0 Å². The number of carbonyl (C=O) groups is 1. The molecule has 2 aliphatic rings. The third kappa shape index (κ3) is 2.16. The first kappa shape index (κ1) is 13.4. The Balaban J connectivity index is 2.00. The number of hydrogen-bond acceptors (Lipinski definition) is 4. The Bertz CT molecular complexity index is 644. The molecule has 20 heavy (non-hydrogen) atoms. The summed E-state index contributed by atoms with van der Waals surface area (Å²) in [6.45, 7) is 2.73. The van der Waals surface area contributed by atoms with Gasteiger partial charge < -0.3 is 10.2 Å². The molecule has 0 saturated carbocycles. The Morgan fingerprint density at radius 1 is 1.30 bits per heavy atom. The van der Waals surface area contributed by atoms with E-state index in [2.05, 4.69) is 5.32 Å². The first-order chi connectivity index (χ1) is 9.48. The van der Waals surface area contributed by atoms with Gasteiger partial charge in [0.15, 0.2) is 9.84 Å². The van der Waals surface area contributed by atoms with E-state index in [0.717, 1.165) is 13.1 Å². The van der Waals surface area contributed by atoms with E-state index in [1.165, 1.54) is 6.26 Å². The number of urea groups is 1.